The van der Waals surface area contributed by atoms with Gasteiger partial charge in [-0.05, 0) is 70.1 Å². The molecule has 5 unspecified atom stereocenters. The Hall–Kier alpha value is -3.76. The molecule has 0 saturated heterocycles. The van der Waals surface area contributed by atoms with Gasteiger partial charge in [-0.1, -0.05) is 73.2 Å². The number of fused-ring (bicyclic) bond motifs is 3. The van der Waals surface area contributed by atoms with Crippen LogP contribution in [0.1, 0.15) is 36.8 Å². The van der Waals surface area contributed by atoms with Crippen LogP contribution in [0.15, 0.2) is 96.3 Å². The number of benzene rings is 4. The highest BCUT2D eigenvalue weighted by molar-refractivity contribution is 5.92. The van der Waals surface area contributed by atoms with Crippen LogP contribution >= 0.6 is 0 Å². The molecule has 2 aliphatic rings. The van der Waals surface area contributed by atoms with Gasteiger partial charge in [-0.3, -0.25) is 0 Å². The lowest BCUT2D eigenvalue weighted by Gasteiger charge is -2.43. The molecule has 0 amide bonds. The number of hydrogen-bond acceptors (Lipinski definition) is 4. The van der Waals surface area contributed by atoms with Crippen molar-refractivity contribution >= 4 is 21.5 Å². The number of phenols is 2. The molecule has 0 aliphatic heterocycles. The number of aliphatic hydroxyl groups excluding tert-OH is 2. The highest BCUT2D eigenvalue weighted by atomic mass is 16.3. The van der Waals surface area contributed by atoms with Crippen LogP contribution in [-0.2, 0) is 0 Å². The van der Waals surface area contributed by atoms with Gasteiger partial charge in [0, 0.05) is 23.3 Å². The van der Waals surface area contributed by atoms with E-state index < -0.39 is 6.10 Å². The molecule has 1 saturated carbocycles. The van der Waals surface area contributed by atoms with Crippen molar-refractivity contribution in [1.82, 2.24) is 0 Å². The van der Waals surface area contributed by atoms with E-state index in [2.05, 4.69) is 31.2 Å². The van der Waals surface area contributed by atoms with Crippen LogP contribution in [0.5, 0.6) is 11.5 Å². The Bertz CT molecular complexity index is 1530. The van der Waals surface area contributed by atoms with Crippen molar-refractivity contribution < 1.29 is 20.4 Å². The lowest BCUT2D eigenvalue weighted by molar-refractivity contribution is 0.0758. The maximum absolute atomic E-state index is 11.5. The van der Waals surface area contributed by atoms with Crippen LogP contribution in [-0.4, -0.2) is 26.5 Å². The van der Waals surface area contributed by atoms with E-state index in [0.29, 0.717) is 12.2 Å². The summed E-state index contributed by atoms with van der Waals surface area (Å²) in [6.45, 7) is 2.06. The molecule has 4 nitrogen and oxygen atoms in total. The second-order valence-corrected chi connectivity index (χ2v) is 10.3. The molecule has 0 spiro atoms. The third-order valence-electron chi connectivity index (χ3n) is 8.38. The van der Waals surface area contributed by atoms with Crippen LogP contribution in [0.2, 0.25) is 0 Å². The summed E-state index contributed by atoms with van der Waals surface area (Å²) in [5, 5.41) is 47.4. The first-order chi connectivity index (χ1) is 17.4. The van der Waals surface area contributed by atoms with Crippen molar-refractivity contribution in [2.75, 3.05) is 0 Å². The van der Waals surface area contributed by atoms with E-state index in [-0.39, 0.29) is 35.2 Å². The van der Waals surface area contributed by atoms with Gasteiger partial charge in [-0.15, -0.1) is 0 Å². The molecular weight excluding hydrogens is 448 g/mol. The van der Waals surface area contributed by atoms with E-state index >= 15 is 0 Å². The van der Waals surface area contributed by atoms with Gasteiger partial charge in [0.2, 0.25) is 0 Å². The zero-order valence-electron chi connectivity index (χ0n) is 20.2. The summed E-state index contributed by atoms with van der Waals surface area (Å²) < 4.78 is 0. The molecule has 182 valence electrons. The number of aromatic hydroxyl groups is 2. The van der Waals surface area contributed by atoms with E-state index in [9.17, 15) is 20.4 Å². The average molecular weight is 479 g/mol. The molecule has 4 N–H and O–H groups in total. The standard InChI is InChI=1S/C32H30O4/c1-18-22-12-16-29(36)31(26(22)13-15-27(18)34)32(25-8-4-6-19-5-2-3-7-23(19)25)30-24-11-10-21(33)17-20(24)9-14-28(30)35/h2-12,14,16-18,26-27,31-36H,13,15H2,1H3. The van der Waals surface area contributed by atoms with E-state index in [1.165, 1.54) is 0 Å². The number of aliphatic hydroxyl groups is 2. The minimum atomic E-state index is -0.397. The van der Waals surface area contributed by atoms with Crippen molar-refractivity contribution in [2.24, 2.45) is 17.8 Å². The quantitative estimate of drug-likeness (QED) is 0.257. The summed E-state index contributed by atoms with van der Waals surface area (Å²) in [7, 11) is 0. The lowest BCUT2D eigenvalue weighted by atomic mass is 9.61. The second-order valence-electron chi connectivity index (χ2n) is 10.3. The summed E-state index contributed by atoms with van der Waals surface area (Å²) in [6, 6.07) is 23.1. The molecule has 0 bridgehead atoms. The van der Waals surface area contributed by atoms with Gasteiger partial charge in [0.1, 0.15) is 11.5 Å². The Labute approximate surface area is 210 Å². The summed E-state index contributed by atoms with van der Waals surface area (Å²) in [4.78, 5) is 0. The van der Waals surface area contributed by atoms with E-state index in [1.54, 1.807) is 24.3 Å². The molecule has 4 aromatic carbocycles. The van der Waals surface area contributed by atoms with Crippen molar-refractivity contribution in [3.8, 4) is 11.5 Å². The van der Waals surface area contributed by atoms with E-state index in [0.717, 1.165) is 44.7 Å². The van der Waals surface area contributed by atoms with Crippen LogP contribution in [0.3, 0.4) is 0 Å². The SMILES string of the molecule is CC1C2=CC=C(O)C(C(c3cccc4ccccc34)c3c(O)ccc4cc(O)ccc34)C2CCC1O. The Morgan fingerprint density at radius 3 is 2.44 bits per heavy atom. The minimum Gasteiger partial charge on any atom is -0.512 e. The topological polar surface area (TPSA) is 80.9 Å². The molecule has 0 aromatic heterocycles. The highest BCUT2D eigenvalue weighted by Gasteiger charge is 2.44. The predicted molar refractivity (Wildman–Crippen MR) is 143 cm³/mol. The van der Waals surface area contributed by atoms with Crippen molar-refractivity contribution in [2.45, 2.75) is 31.8 Å². The zero-order chi connectivity index (χ0) is 25.0. The average Bonchev–Trinajstić information content (AvgIpc) is 2.88. The first-order valence-electron chi connectivity index (χ1n) is 12.6. The molecule has 4 aromatic rings. The van der Waals surface area contributed by atoms with Gasteiger partial charge < -0.3 is 20.4 Å². The largest absolute Gasteiger partial charge is 0.512 e. The molecule has 2 aliphatic carbocycles. The zero-order valence-corrected chi connectivity index (χ0v) is 20.2. The van der Waals surface area contributed by atoms with Gasteiger partial charge >= 0.3 is 0 Å². The van der Waals surface area contributed by atoms with Crippen LogP contribution in [0, 0.1) is 17.8 Å². The molecule has 5 atom stereocenters. The third-order valence-corrected chi connectivity index (χ3v) is 8.38. The Balaban J connectivity index is 1.66. The second kappa shape index (κ2) is 8.72. The Morgan fingerprint density at radius 2 is 1.58 bits per heavy atom. The monoisotopic (exact) mass is 478 g/mol. The predicted octanol–water partition coefficient (Wildman–Crippen LogP) is 6.94. The molecule has 0 radical (unpaired) electrons. The number of hydrogen-bond donors (Lipinski definition) is 4. The molecule has 4 heteroatoms. The normalized spacial score (nSPS) is 24.7. The van der Waals surface area contributed by atoms with Crippen LogP contribution in [0.4, 0.5) is 0 Å². The van der Waals surface area contributed by atoms with Crippen LogP contribution in [0.25, 0.3) is 21.5 Å². The number of allylic oxidation sites excluding steroid dienone is 3. The fourth-order valence-corrected chi connectivity index (χ4v) is 6.60. The van der Waals surface area contributed by atoms with Crippen molar-refractivity contribution in [1.29, 1.82) is 0 Å². The maximum atomic E-state index is 11.5. The summed E-state index contributed by atoms with van der Waals surface area (Å²) in [6.07, 6.45) is 4.78. The highest BCUT2D eigenvalue weighted by Crippen LogP contribution is 2.53. The molecule has 1 fully saturated rings. The van der Waals surface area contributed by atoms with Crippen molar-refractivity contribution in [3.05, 3.63) is 107 Å². The Morgan fingerprint density at radius 1 is 0.778 bits per heavy atom. The van der Waals surface area contributed by atoms with E-state index in [1.807, 2.05) is 36.4 Å². The fraction of sp³-hybridized carbons (Fsp3) is 0.250. The first-order valence-corrected chi connectivity index (χ1v) is 12.6. The van der Waals surface area contributed by atoms with Gasteiger partial charge in [-0.2, -0.15) is 0 Å². The van der Waals surface area contributed by atoms with Gasteiger partial charge in [0.25, 0.3) is 0 Å². The third kappa shape index (κ3) is 3.56. The summed E-state index contributed by atoms with van der Waals surface area (Å²) in [5.41, 5.74) is 2.93. The van der Waals surface area contributed by atoms with Crippen molar-refractivity contribution in [3.63, 3.8) is 0 Å². The van der Waals surface area contributed by atoms with Gasteiger partial charge in [-0.25, -0.2) is 0 Å². The lowest BCUT2D eigenvalue weighted by Crippen LogP contribution is -2.38. The Kier molecular flexibility index (Phi) is 5.50. The first kappa shape index (κ1) is 22.7. The van der Waals surface area contributed by atoms with Gasteiger partial charge in [0.05, 0.1) is 11.9 Å². The van der Waals surface area contributed by atoms with Crippen LogP contribution < -0.4 is 0 Å². The molecule has 36 heavy (non-hydrogen) atoms. The summed E-state index contributed by atoms with van der Waals surface area (Å²) >= 11 is 0. The molecule has 0 heterocycles. The van der Waals surface area contributed by atoms with Gasteiger partial charge in [0.15, 0.2) is 0 Å². The smallest absolute Gasteiger partial charge is 0.120 e. The minimum absolute atomic E-state index is 0.00169. The number of phenolic OH excluding ortho intramolecular Hbond substituents is 2. The summed E-state index contributed by atoms with van der Waals surface area (Å²) in [5.74, 6) is -0.000267. The molecule has 6 rings (SSSR count). The fourth-order valence-electron chi connectivity index (χ4n) is 6.60. The molecular formula is C32H30O4. The maximum Gasteiger partial charge on any atom is 0.120 e. The van der Waals surface area contributed by atoms with E-state index in [4.69, 9.17) is 0 Å². The number of rotatable bonds is 3.